The first-order chi connectivity index (χ1) is 25.7. The summed E-state index contributed by atoms with van der Waals surface area (Å²) in [5, 5.41) is 32.0. The maximum Gasteiger partial charge on any atom is 0.236 e. The van der Waals surface area contributed by atoms with Gasteiger partial charge >= 0.3 is 0 Å². The highest BCUT2D eigenvalue weighted by Gasteiger charge is 2.28. The Morgan fingerprint density at radius 1 is 1.08 bits per heavy atom. The fraction of sp³-hybridized carbons (Fsp3) is 0.390. The number of piperidine rings is 1. The molecule has 0 bridgehead atoms. The lowest BCUT2D eigenvalue weighted by atomic mass is 9.93. The van der Waals surface area contributed by atoms with Gasteiger partial charge < -0.3 is 35.1 Å². The highest BCUT2D eigenvalue weighted by molar-refractivity contribution is 6.32. The van der Waals surface area contributed by atoms with Crippen LogP contribution in [0.15, 0.2) is 67.0 Å². The first-order valence-corrected chi connectivity index (χ1v) is 18.5. The molecule has 3 aromatic carbocycles. The van der Waals surface area contributed by atoms with Gasteiger partial charge in [-0.2, -0.15) is 5.26 Å². The van der Waals surface area contributed by atoms with Crippen molar-refractivity contribution in [3.05, 3.63) is 105 Å². The summed E-state index contributed by atoms with van der Waals surface area (Å²) in [5.41, 5.74) is 12.9. The van der Waals surface area contributed by atoms with Crippen LogP contribution in [0.3, 0.4) is 0 Å². The summed E-state index contributed by atoms with van der Waals surface area (Å²) in [6, 6.07) is 18.8. The Labute approximate surface area is 315 Å². The van der Waals surface area contributed by atoms with Crippen LogP contribution in [0.25, 0.3) is 11.1 Å². The second kappa shape index (κ2) is 17.9. The van der Waals surface area contributed by atoms with E-state index < -0.39 is 18.6 Å². The summed E-state index contributed by atoms with van der Waals surface area (Å²) in [6.07, 6.45) is 6.88. The highest BCUT2D eigenvalue weighted by Crippen LogP contribution is 2.44. The number of nitriles is 1. The minimum absolute atomic E-state index is 0.122. The van der Waals surface area contributed by atoms with Gasteiger partial charge in [0, 0.05) is 55.8 Å². The molecule has 0 unspecified atom stereocenters. The second-order valence-corrected chi connectivity index (χ2v) is 14.0. The SMILES string of the molecule is Cc1c(OCCCN2CCC(O)CC2)cccc1-c1cccc2c1CC[C@@H]2Oc1cc(OCc2cncc(C#N)c2)c(CN[C@@H](CO)C(N)=O)cc1Cl. The molecular weight excluding hydrogens is 694 g/mol. The van der Waals surface area contributed by atoms with Crippen LogP contribution in [-0.4, -0.2) is 71.0 Å². The molecule has 11 nitrogen and oxygen atoms in total. The van der Waals surface area contributed by atoms with Crippen LogP contribution >= 0.6 is 11.6 Å². The quantitative estimate of drug-likeness (QED) is 0.110. The normalized spacial score (nSPS) is 16.5. The summed E-state index contributed by atoms with van der Waals surface area (Å²) >= 11 is 6.82. The molecule has 1 fully saturated rings. The van der Waals surface area contributed by atoms with Crippen LogP contribution < -0.4 is 25.3 Å². The number of ether oxygens (including phenoxy) is 3. The van der Waals surface area contributed by atoms with E-state index in [-0.39, 0.29) is 25.4 Å². The Morgan fingerprint density at radius 2 is 1.87 bits per heavy atom. The average Bonchev–Trinajstić information content (AvgIpc) is 3.58. The topological polar surface area (TPSA) is 163 Å². The molecule has 53 heavy (non-hydrogen) atoms. The molecule has 6 rings (SSSR count). The van der Waals surface area contributed by atoms with Crippen LogP contribution in [0.5, 0.6) is 17.2 Å². The first-order valence-electron chi connectivity index (χ1n) is 18.1. The molecule has 1 amide bonds. The lowest BCUT2D eigenvalue weighted by molar-refractivity contribution is -0.120. The molecule has 0 saturated carbocycles. The van der Waals surface area contributed by atoms with Crippen molar-refractivity contribution in [3.8, 4) is 34.4 Å². The van der Waals surface area contributed by atoms with Gasteiger partial charge in [0.25, 0.3) is 0 Å². The molecule has 5 N–H and O–H groups in total. The molecule has 1 aliphatic carbocycles. The summed E-state index contributed by atoms with van der Waals surface area (Å²) in [5.74, 6) is 1.10. The van der Waals surface area contributed by atoms with Crippen LogP contribution in [0.2, 0.25) is 5.02 Å². The Kier molecular flexibility index (Phi) is 12.8. The van der Waals surface area contributed by atoms with E-state index in [1.54, 1.807) is 24.4 Å². The van der Waals surface area contributed by atoms with E-state index in [2.05, 4.69) is 52.5 Å². The van der Waals surface area contributed by atoms with E-state index in [0.717, 1.165) is 79.7 Å². The number of carbonyl (C=O) groups is 1. The minimum Gasteiger partial charge on any atom is -0.493 e. The molecule has 278 valence electrons. The standard InChI is InChI=1S/C41H46ClN5O6/c1-26-31(5-3-8-37(26)51-16-4-13-47-14-11-30(49)12-15-47)32-6-2-7-34-33(32)9-10-38(34)53-40-19-39(52-25-28-17-27(20-43)21-45-22-28)29(18-35(40)42)23-46-36(24-48)41(44)50/h2-3,5-8,17-19,21-22,30,36,38,46,48-49H,4,9-16,23-25H2,1H3,(H2,44,50)/t36-,38-/m0/s1. The van der Waals surface area contributed by atoms with Crippen LogP contribution in [0.1, 0.15) is 65.2 Å². The molecule has 0 radical (unpaired) electrons. The number of rotatable bonds is 16. The zero-order valence-electron chi connectivity index (χ0n) is 29.9. The largest absolute Gasteiger partial charge is 0.493 e. The first kappa shape index (κ1) is 38.0. The number of likely N-dealkylation sites (tertiary alicyclic amines) is 1. The lowest BCUT2D eigenvalue weighted by Crippen LogP contribution is -2.43. The van der Waals surface area contributed by atoms with Crippen molar-refractivity contribution in [2.75, 3.05) is 32.8 Å². The third-order valence-corrected chi connectivity index (χ3v) is 10.3. The molecule has 1 saturated heterocycles. The molecule has 4 aromatic rings. The molecule has 12 heteroatoms. The number of hydrogen-bond donors (Lipinski definition) is 4. The number of nitrogens with one attached hydrogen (secondary N) is 1. The van der Waals surface area contributed by atoms with Crippen LogP contribution in [0, 0.1) is 18.3 Å². The van der Waals surface area contributed by atoms with Gasteiger partial charge in [-0.25, -0.2) is 0 Å². The lowest BCUT2D eigenvalue weighted by Gasteiger charge is -2.29. The predicted molar refractivity (Wildman–Crippen MR) is 202 cm³/mol. The number of halogens is 1. The summed E-state index contributed by atoms with van der Waals surface area (Å²) in [6.45, 7) is 5.37. The molecular formula is C41H46ClN5O6. The Bertz CT molecular complexity index is 1940. The minimum atomic E-state index is -0.949. The summed E-state index contributed by atoms with van der Waals surface area (Å²) < 4.78 is 19.1. The third kappa shape index (κ3) is 9.46. The maximum absolute atomic E-state index is 11.8. The van der Waals surface area contributed by atoms with Gasteiger partial charge in [0.15, 0.2) is 0 Å². The second-order valence-electron chi connectivity index (χ2n) is 13.6. The Balaban J connectivity index is 1.18. The number of benzene rings is 3. The third-order valence-electron chi connectivity index (χ3n) is 9.99. The van der Waals surface area contributed by atoms with Gasteiger partial charge in [-0.05, 0) is 85.0 Å². The van der Waals surface area contributed by atoms with Crippen molar-refractivity contribution in [2.24, 2.45) is 5.73 Å². The number of nitrogens with zero attached hydrogens (tertiary/aromatic N) is 3. The van der Waals surface area contributed by atoms with Gasteiger partial charge in [0.2, 0.25) is 5.91 Å². The van der Waals surface area contributed by atoms with Crippen LogP contribution in [-0.2, 0) is 24.4 Å². The van der Waals surface area contributed by atoms with Gasteiger partial charge in [-0.15, -0.1) is 0 Å². The molecule has 1 aliphatic heterocycles. The van der Waals surface area contributed by atoms with E-state index in [9.17, 15) is 20.3 Å². The number of carbonyl (C=O) groups excluding carboxylic acids is 1. The van der Waals surface area contributed by atoms with Gasteiger partial charge in [-0.1, -0.05) is 41.9 Å². The molecule has 0 spiro atoms. The smallest absolute Gasteiger partial charge is 0.236 e. The van der Waals surface area contributed by atoms with Crippen molar-refractivity contribution in [3.63, 3.8) is 0 Å². The molecule has 2 atom stereocenters. The maximum atomic E-state index is 11.8. The van der Waals surface area contributed by atoms with E-state index in [1.807, 2.05) is 12.1 Å². The van der Waals surface area contributed by atoms with Crippen molar-refractivity contribution >= 4 is 17.5 Å². The number of nitrogens with two attached hydrogens (primary N) is 1. The summed E-state index contributed by atoms with van der Waals surface area (Å²) in [7, 11) is 0. The van der Waals surface area contributed by atoms with E-state index in [0.29, 0.717) is 39.8 Å². The highest BCUT2D eigenvalue weighted by atomic mass is 35.5. The zero-order chi connectivity index (χ0) is 37.3. The van der Waals surface area contributed by atoms with E-state index >= 15 is 0 Å². The Hall–Kier alpha value is -4.70. The fourth-order valence-corrected chi connectivity index (χ4v) is 7.27. The molecule has 1 aromatic heterocycles. The Morgan fingerprint density at radius 3 is 2.64 bits per heavy atom. The van der Waals surface area contributed by atoms with E-state index in [4.69, 9.17) is 31.5 Å². The predicted octanol–water partition coefficient (Wildman–Crippen LogP) is 5.39. The van der Waals surface area contributed by atoms with Crippen molar-refractivity contribution in [2.45, 2.75) is 70.4 Å². The number of aliphatic hydroxyl groups excluding tert-OH is 2. The van der Waals surface area contributed by atoms with Crippen molar-refractivity contribution in [1.29, 1.82) is 5.26 Å². The number of primary amides is 1. The number of pyridine rings is 1. The number of aliphatic hydroxyl groups is 2. The number of aromatic nitrogens is 1. The van der Waals surface area contributed by atoms with E-state index in [1.165, 1.54) is 11.8 Å². The van der Waals surface area contributed by atoms with Crippen molar-refractivity contribution < 1.29 is 29.2 Å². The average molecular weight is 740 g/mol. The monoisotopic (exact) mass is 739 g/mol. The molecule has 2 aliphatic rings. The van der Waals surface area contributed by atoms with Gasteiger partial charge in [-0.3, -0.25) is 15.1 Å². The summed E-state index contributed by atoms with van der Waals surface area (Å²) in [4.78, 5) is 18.3. The van der Waals surface area contributed by atoms with Gasteiger partial charge in [0.1, 0.15) is 42.1 Å². The molecule has 2 heterocycles. The number of hydrogen-bond acceptors (Lipinski definition) is 10. The van der Waals surface area contributed by atoms with Crippen LogP contribution in [0.4, 0.5) is 0 Å². The zero-order valence-corrected chi connectivity index (χ0v) is 30.6. The van der Waals surface area contributed by atoms with Gasteiger partial charge in [0.05, 0.1) is 29.9 Å². The fourth-order valence-electron chi connectivity index (χ4n) is 7.04. The number of amides is 1. The van der Waals surface area contributed by atoms with Crippen molar-refractivity contribution in [1.82, 2.24) is 15.2 Å². The number of fused-ring (bicyclic) bond motifs is 1.